The molecule has 0 unspecified atom stereocenters. The maximum Gasteiger partial charge on any atom is 0.264 e. The topological polar surface area (TPSA) is 105 Å². The molecule has 0 saturated carbocycles. The zero-order valence-corrected chi connectivity index (χ0v) is 25.7. The van der Waals surface area contributed by atoms with Crippen molar-refractivity contribution in [2.75, 3.05) is 30.6 Å². The van der Waals surface area contributed by atoms with E-state index in [-0.39, 0.29) is 41.8 Å². The van der Waals surface area contributed by atoms with Gasteiger partial charge in [0.25, 0.3) is 10.0 Å². The van der Waals surface area contributed by atoms with Crippen molar-refractivity contribution in [3.63, 3.8) is 0 Å². The van der Waals surface area contributed by atoms with Crippen LogP contribution in [0.25, 0.3) is 0 Å². The Morgan fingerprint density at radius 2 is 1.70 bits per heavy atom. The number of rotatable bonds is 13. The number of hydrogen-bond donors (Lipinski definition) is 1. The highest BCUT2D eigenvalue weighted by atomic mass is 35.5. The smallest absolute Gasteiger partial charge is 0.264 e. The lowest BCUT2D eigenvalue weighted by molar-refractivity contribution is -0.140. The van der Waals surface area contributed by atoms with Crippen molar-refractivity contribution < 1.29 is 31.9 Å². The number of anilines is 1. The van der Waals surface area contributed by atoms with Crippen LogP contribution in [0.15, 0.2) is 71.6 Å². The van der Waals surface area contributed by atoms with E-state index in [2.05, 4.69) is 5.32 Å². The summed E-state index contributed by atoms with van der Waals surface area (Å²) >= 11 is 6.43. The van der Waals surface area contributed by atoms with Gasteiger partial charge in [0.15, 0.2) is 11.5 Å². The van der Waals surface area contributed by atoms with Gasteiger partial charge in [0.1, 0.15) is 31.6 Å². The van der Waals surface area contributed by atoms with Crippen LogP contribution in [0, 0.1) is 5.82 Å². The molecule has 3 aromatic rings. The van der Waals surface area contributed by atoms with E-state index in [1.807, 2.05) is 6.92 Å². The van der Waals surface area contributed by atoms with Crippen LogP contribution in [0.5, 0.6) is 11.5 Å². The normalized spacial score (nSPS) is 13.2. The van der Waals surface area contributed by atoms with Gasteiger partial charge < -0.3 is 19.7 Å². The van der Waals surface area contributed by atoms with Gasteiger partial charge in [-0.25, -0.2) is 12.8 Å². The molecule has 0 fully saturated rings. The predicted molar refractivity (Wildman–Crippen MR) is 162 cm³/mol. The first-order valence-electron chi connectivity index (χ1n) is 14.1. The molecule has 2 amide bonds. The van der Waals surface area contributed by atoms with Crippen molar-refractivity contribution in [3.05, 3.63) is 83.1 Å². The number of amides is 2. The Hall–Kier alpha value is -3.83. The summed E-state index contributed by atoms with van der Waals surface area (Å²) in [6.07, 6.45) is 1.93. The maximum absolute atomic E-state index is 14.1. The minimum atomic E-state index is -4.38. The van der Waals surface area contributed by atoms with Crippen molar-refractivity contribution in [2.24, 2.45) is 0 Å². The Labute approximate surface area is 256 Å². The number of unbranched alkanes of at least 4 members (excludes halogenated alkanes) is 1. The van der Waals surface area contributed by atoms with Crippen LogP contribution in [0.3, 0.4) is 0 Å². The number of halogens is 2. The molecule has 12 heteroatoms. The molecule has 1 aliphatic rings. The molecule has 0 bridgehead atoms. The number of ether oxygens (including phenoxy) is 2. The SMILES string of the molecule is CCCCNC(=O)[C@@H](CC)N(Cc1ccccc1Cl)C(=O)CN(c1ccc(F)cc1)S(=O)(=O)c1ccc2c(c1)OCCO2. The van der Waals surface area contributed by atoms with E-state index in [1.54, 1.807) is 31.2 Å². The zero-order valence-electron chi connectivity index (χ0n) is 24.1. The van der Waals surface area contributed by atoms with E-state index in [4.69, 9.17) is 21.1 Å². The van der Waals surface area contributed by atoms with Crippen LogP contribution in [-0.4, -0.2) is 57.5 Å². The third kappa shape index (κ3) is 7.77. The van der Waals surface area contributed by atoms with E-state index >= 15 is 0 Å². The molecule has 43 heavy (non-hydrogen) atoms. The second-order valence-corrected chi connectivity index (χ2v) is 12.2. The van der Waals surface area contributed by atoms with Crippen molar-refractivity contribution >= 4 is 39.1 Å². The number of fused-ring (bicyclic) bond motifs is 1. The first kappa shape index (κ1) is 32.1. The summed E-state index contributed by atoms with van der Waals surface area (Å²) in [5.41, 5.74) is 0.670. The second-order valence-electron chi connectivity index (χ2n) is 9.98. The van der Waals surface area contributed by atoms with Crippen LogP contribution in [0.1, 0.15) is 38.7 Å². The molecule has 0 radical (unpaired) electrons. The highest BCUT2D eigenvalue weighted by Gasteiger charge is 2.34. The Bertz CT molecular complexity index is 1540. The average Bonchev–Trinajstić information content (AvgIpc) is 3.01. The summed E-state index contributed by atoms with van der Waals surface area (Å²) in [6, 6.07) is 15.0. The lowest BCUT2D eigenvalue weighted by atomic mass is 10.1. The van der Waals surface area contributed by atoms with E-state index in [0.717, 1.165) is 29.3 Å². The van der Waals surface area contributed by atoms with Gasteiger partial charge in [0.2, 0.25) is 11.8 Å². The van der Waals surface area contributed by atoms with Gasteiger partial charge in [-0.15, -0.1) is 0 Å². The molecular formula is C31H35ClFN3O6S. The third-order valence-corrected chi connectivity index (χ3v) is 9.15. The predicted octanol–water partition coefficient (Wildman–Crippen LogP) is 5.17. The van der Waals surface area contributed by atoms with E-state index in [9.17, 15) is 22.4 Å². The molecule has 1 N–H and O–H groups in total. The Kier molecular flexibility index (Phi) is 10.9. The van der Waals surface area contributed by atoms with Crippen LogP contribution in [-0.2, 0) is 26.2 Å². The fourth-order valence-electron chi connectivity index (χ4n) is 4.68. The van der Waals surface area contributed by atoms with E-state index in [1.165, 1.54) is 35.2 Å². The molecule has 230 valence electrons. The number of benzene rings is 3. The summed E-state index contributed by atoms with van der Waals surface area (Å²) in [6.45, 7) is 4.13. The summed E-state index contributed by atoms with van der Waals surface area (Å²) < 4.78 is 54.0. The maximum atomic E-state index is 14.1. The van der Waals surface area contributed by atoms with E-state index in [0.29, 0.717) is 29.5 Å². The Morgan fingerprint density at radius 1 is 1.00 bits per heavy atom. The van der Waals surface area contributed by atoms with Crippen LogP contribution < -0.4 is 19.1 Å². The molecule has 1 heterocycles. The average molecular weight is 632 g/mol. The standard InChI is InChI=1S/C31H35ClFN3O6S/c1-3-5-16-34-31(38)27(4-2)35(20-22-8-6-7-9-26(22)32)30(37)21-36(24-12-10-23(33)11-13-24)43(39,40)25-14-15-28-29(19-25)42-18-17-41-28/h6-15,19,27H,3-5,16-18,20-21H2,1-2H3,(H,34,38)/t27-/m1/s1. The molecule has 0 aliphatic carbocycles. The molecule has 0 spiro atoms. The number of hydrogen-bond acceptors (Lipinski definition) is 6. The lowest BCUT2D eigenvalue weighted by Crippen LogP contribution is -2.52. The van der Waals surface area contributed by atoms with Crippen LogP contribution >= 0.6 is 11.6 Å². The first-order valence-corrected chi connectivity index (χ1v) is 16.0. The third-order valence-electron chi connectivity index (χ3n) is 7.01. The summed E-state index contributed by atoms with van der Waals surface area (Å²) in [7, 11) is -4.38. The fraction of sp³-hybridized carbons (Fsp3) is 0.355. The van der Waals surface area contributed by atoms with Crippen molar-refractivity contribution in [1.82, 2.24) is 10.2 Å². The second kappa shape index (κ2) is 14.6. The molecule has 4 rings (SSSR count). The molecule has 3 aromatic carbocycles. The Morgan fingerprint density at radius 3 is 2.37 bits per heavy atom. The number of carbonyl (C=O) groups is 2. The number of carbonyl (C=O) groups excluding carboxylic acids is 2. The quantitative estimate of drug-likeness (QED) is 0.261. The summed E-state index contributed by atoms with van der Waals surface area (Å²) in [5.74, 6) is -0.891. The van der Waals surface area contributed by atoms with Gasteiger partial charge in [-0.1, -0.05) is 50.1 Å². The Balaban J connectivity index is 1.73. The number of nitrogens with one attached hydrogen (secondary N) is 1. The van der Waals surface area contributed by atoms with Gasteiger partial charge in [0.05, 0.1) is 10.6 Å². The lowest BCUT2D eigenvalue weighted by Gasteiger charge is -2.33. The summed E-state index contributed by atoms with van der Waals surface area (Å²) in [4.78, 5) is 28.6. The fourth-order valence-corrected chi connectivity index (χ4v) is 6.31. The van der Waals surface area contributed by atoms with Crippen molar-refractivity contribution in [3.8, 4) is 11.5 Å². The minimum absolute atomic E-state index is 0.0282. The minimum Gasteiger partial charge on any atom is -0.486 e. The molecule has 1 atom stereocenters. The van der Waals surface area contributed by atoms with Crippen molar-refractivity contribution in [2.45, 2.75) is 50.6 Å². The first-order chi connectivity index (χ1) is 20.6. The highest BCUT2D eigenvalue weighted by molar-refractivity contribution is 7.92. The van der Waals surface area contributed by atoms with Gasteiger partial charge in [-0.2, -0.15) is 0 Å². The molecule has 0 saturated heterocycles. The highest BCUT2D eigenvalue weighted by Crippen LogP contribution is 2.34. The molecular weight excluding hydrogens is 597 g/mol. The van der Waals surface area contributed by atoms with Crippen LogP contribution in [0.2, 0.25) is 5.02 Å². The molecule has 9 nitrogen and oxygen atoms in total. The zero-order chi connectivity index (χ0) is 31.0. The van der Waals surface area contributed by atoms with E-state index < -0.39 is 34.3 Å². The van der Waals surface area contributed by atoms with Crippen molar-refractivity contribution in [1.29, 1.82) is 0 Å². The van der Waals surface area contributed by atoms with Gasteiger partial charge in [0, 0.05) is 24.2 Å². The van der Waals surface area contributed by atoms with Gasteiger partial charge in [-0.05, 0) is 60.9 Å². The molecule has 0 aromatic heterocycles. The largest absolute Gasteiger partial charge is 0.486 e. The summed E-state index contributed by atoms with van der Waals surface area (Å²) in [5, 5.41) is 3.29. The van der Waals surface area contributed by atoms with Crippen LogP contribution in [0.4, 0.5) is 10.1 Å². The number of nitrogens with zero attached hydrogens (tertiary/aromatic N) is 2. The molecule has 1 aliphatic heterocycles. The number of sulfonamides is 1. The van der Waals surface area contributed by atoms with Gasteiger partial charge in [-0.3, -0.25) is 13.9 Å². The monoisotopic (exact) mass is 631 g/mol. The van der Waals surface area contributed by atoms with Gasteiger partial charge >= 0.3 is 0 Å².